The minimum atomic E-state index is 0.0919. The number of methoxy groups -OCH3 is 1. The zero-order chi connectivity index (χ0) is 10.6. The summed E-state index contributed by atoms with van der Waals surface area (Å²) in [6.07, 6.45) is 2.65. The summed E-state index contributed by atoms with van der Waals surface area (Å²) in [6, 6.07) is 5.45. The van der Waals surface area contributed by atoms with Gasteiger partial charge in [0.25, 0.3) is 0 Å². The van der Waals surface area contributed by atoms with Crippen LogP contribution in [-0.4, -0.2) is 12.2 Å². The van der Waals surface area contributed by atoms with E-state index in [4.69, 9.17) is 4.74 Å². The minimum Gasteiger partial charge on any atom is -0.507 e. The summed E-state index contributed by atoms with van der Waals surface area (Å²) in [4.78, 5) is 0. The molecule has 1 unspecified atom stereocenters. The molecule has 0 fully saturated rings. The number of hydrogen-bond acceptors (Lipinski definition) is 2. The van der Waals surface area contributed by atoms with Crippen molar-refractivity contribution in [1.29, 1.82) is 0 Å². The van der Waals surface area contributed by atoms with Crippen LogP contribution in [-0.2, 0) is 4.74 Å². The van der Waals surface area contributed by atoms with E-state index >= 15 is 0 Å². The Morgan fingerprint density at radius 2 is 2.29 bits per heavy atom. The van der Waals surface area contributed by atoms with E-state index in [1.54, 1.807) is 19.3 Å². The van der Waals surface area contributed by atoms with Crippen molar-refractivity contribution in [3.63, 3.8) is 0 Å². The quantitative estimate of drug-likeness (QED) is 0.794. The van der Waals surface area contributed by atoms with Gasteiger partial charge >= 0.3 is 0 Å². The molecule has 14 heavy (non-hydrogen) atoms. The van der Waals surface area contributed by atoms with Crippen LogP contribution in [0.3, 0.4) is 0 Å². The number of ether oxygens (including phenoxy) is 1. The third kappa shape index (κ3) is 2.15. The number of phenolic OH excluding ortho intramolecular Hbond substituents is 1. The SMILES string of the molecule is C=Cc1cc(C(CC)OC)ccc1O. The summed E-state index contributed by atoms with van der Waals surface area (Å²) >= 11 is 0. The summed E-state index contributed by atoms with van der Waals surface area (Å²) in [5.74, 6) is 0.259. The van der Waals surface area contributed by atoms with Gasteiger partial charge in [-0.25, -0.2) is 0 Å². The molecule has 0 aliphatic heterocycles. The topological polar surface area (TPSA) is 29.5 Å². The van der Waals surface area contributed by atoms with Crippen molar-refractivity contribution in [2.75, 3.05) is 7.11 Å². The van der Waals surface area contributed by atoms with Gasteiger partial charge < -0.3 is 9.84 Å². The molecular formula is C12H16O2. The smallest absolute Gasteiger partial charge is 0.122 e. The molecule has 0 heterocycles. The number of phenols is 1. The molecule has 0 amide bonds. The first kappa shape index (κ1) is 10.8. The van der Waals surface area contributed by atoms with Crippen LogP contribution in [0.4, 0.5) is 0 Å². The lowest BCUT2D eigenvalue weighted by molar-refractivity contribution is 0.1000. The van der Waals surface area contributed by atoms with E-state index in [-0.39, 0.29) is 11.9 Å². The Hall–Kier alpha value is -1.28. The van der Waals surface area contributed by atoms with Gasteiger partial charge in [-0.1, -0.05) is 25.6 Å². The van der Waals surface area contributed by atoms with Gasteiger partial charge in [0.15, 0.2) is 0 Å². The van der Waals surface area contributed by atoms with Crippen LogP contribution in [0.5, 0.6) is 5.75 Å². The second-order valence-electron chi connectivity index (χ2n) is 3.15. The molecule has 1 atom stereocenters. The van der Waals surface area contributed by atoms with Crippen molar-refractivity contribution in [3.8, 4) is 5.75 Å². The van der Waals surface area contributed by atoms with Gasteiger partial charge in [-0.05, 0) is 24.1 Å². The van der Waals surface area contributed by atoms with Crippen molar-refractivity contribution in [3.05, 3.63) is 35.9 Å². The molecule has 0 saturated heterocycles. The van der Waals surface area contributed by atoms with Crippen LogP contribution < -0.4 is 0 Å². The molecule has 0 radical (unpaired) electrons. The Bertz CT molecular complexity index is 314. The Morgan fingerprint density at radius 1 is 1.57 bits per heavy atom. The van der Waals surface area contributed by atoms with Crippen LogP contribution >= 0.6 is 0 Å². The van der Waals surface area contributed by atoms with Crippen molar-refractivity contribution in [1.82, 2.24) is 0 Å². The molecule has 1 N–H and O–H groups in total. The fraction of sp³-hybridized carbons (Fsp3) is 0.333. The average Bonchev–Trinajstić information content (AvgIpc) is 2.22. The van der Waals surface area contributed by atoms with Gasteiger partial charge in [0, 0.05) is 12.7 Å². The zero-order valence-electron chi connectivity index (χ0n) is 8.66. The zero-order valence-corrected chi connectivity index (χ0v) is 8.66. The lowest BCUT2D eigenvalue weighted by atomic mass is 10.0. The van der Waals surface area contributed by atoms with Gasteiger partial charge in [0.1, 0.15) is 5.75 Å². The van der Waals surface area contributed by atoms with Crippen molar-refractivity contribution in [2.45, 2.75) is 19.4 Å². The summed E-state index contributed by atoms with van der Waals surface area (Å²) in [5.41, 5.74) is 1.82. The maximum atomic E-state index is 9.45. The van der Waals surface area contributed by atoms with Gasteiger partial charge in [0.2, 0.25) is 0 Å². The molecule has 0 bridgehead atoms. The fourth-order valence-corrected chi connectivity index (χ4v) is 1.48. The van der Waals surface area contributed by atoms with Crippen molar-refractivity contribution in [2.24, 2.45) is 0 Å². The van der Waals surface area contributed by atoms with Crippen LogP contribution in [0.25, 0.3) is 6.08 Å². The molecule has 1 aromatic carbocycles. The van der Waals surface area contributed by atoms with Crippen molar-refractivity contribution >= 4 is 6.08 Å². The number of rotatable bonds is 4. The lowest BCUT2D eigenvalue weighted by Gasteiger charge is -2.14. The average molecular weight is 192 g/mol. The monoisotopic (exact) mass is 192 g/mol. The van der Waals surface area contributed by atoms with Crippen LogP contribution in [0.1, 0.15) is 30.6 Å². The second-order valence-corrected chi connectivity index (χ2v) is 3.15. The highest BCUT2D eigenvalue weighted by atomic mass is 16.5. The first-order chi connectivity index (χ1) is 6.72. The Labute approximate surface area is 84.8 Å². The maximum Gasteiger partial charge on any atom is 0.122 e. The van der Waals surface area contributed by atoms with Crippen LogP contribution in [0.2, 0.25) is 0 Å². The maximum absolute atomic E-state index is 9.45. The molecule has 76 valence electrons. The van der Waals surface area contributed by atoms with Gasteiger partial charge in [-0.3, -0.25) is 0 Å². The van der Waals surface area contributed by atoms with Crippen LogP contribution in [0, 0.1) is 0 Å². The standard InChI is InChI=1S/C12H16O2/c1-4-9-8-10(6-7-11(9)13)12(5-2)14-3/h4,6-8,12-13H,1,5H2,2-3H3. The highest BCUT2D eigenvalue weighted by Gasteiger charge is 2.09. The molecule has 0 saturated carbocycles. The van der Waals surface area contributed by atoms with E-state index in [0.29, 0.717) is 0 Å². The van der Waals surface area contributed by atoms with Gasteiger partial charge in [-0.15, -0.1) is 0 Å². The van der Waals surface area contributed by atoms with E-state index in [2.05, 4.69) is 13.5 Å². The predicted molar refractivity (Wildman–Crippen MR) is 58.2 cm³/mol. The second kappa shape index (κ2) is 4.82. The molecule has 1 aromatic rings. The summed E-state index contributed by atoms with van der Waals surface area (Å²) < 4.78 is 5.31. The third-order valence-corrected chi connectivity index (χ3v) is 2.30. The number of hydrogen-bond donors (Lipinski definition) is 1. The summed E-state index contributed by atoms with van der Waals surface area (Å²) in [5, 5.41) is 9.45. The Morgan fingerprint density at radius 3 is 2.79 bits per heavy atom. The van der Waals surface area contributed by atoms with Crippen molar-refractivity contribution < 1.29 is 9.84 Å². The Kier molecular flexibility index (Phi) is 3.72. The minimum absolute atomic E-state index is 0.0919. The molecule has 0 aliphatic carbocycles. The normalized spacial score (nSPS) is 12.4. The molecule has 2 nitrogen and oxygen atoms in total. The predicted octanol–water partition coefficient (Wildman–Crippen LogP) is 3.13. The highest BCUT2D eigenvalue weighted by molar-refractivity contribution is 5.56. The van der Waals surface area contributed by atoms with E-state index < -0.39 is 0 Å². The molecule has 0 aromatic heterocycles. The highest BCUT2D eigenvalue weighted by Crippen LogP contribution is 2.26. The van der Waals surface area contributed by atoms with E-state index in [1.165, 1.54) is 0 Å². The first-order valence-corrected chi connectivity index (χ1v) is 4.71. The number of aromatic hydroxyl groups is 1. The third-order valence-electron chi connectivity index (χ3n) is 2.30. The van der Waals surface area contributed by atoms with E-state index in [9.17, 15) is 5.11 Å². The Balaban J connectivity index is 3.04. The molecule has 1 rings (SSSR count). The molecular weight excluding hydrogens is 176 g/mol. The lowest BCUT2D eigenvalue weighted by Crippen LogP contribution is -1.99. The molecule has 0 spiro atoms. The molecule has 0 aliphatic rings. The summed E-state index contributed by atoms with van der Waals surface area (Å²) in [6.45, 7) is 5.71. The number of benzene rings is 1. The van der Waals surface area contributed by atoms with Crippen LogP contribution in [0.15, 0.2) is 24.8 Å². The molecule has 2 heteroatoms. The fourth-order valence-electron chi connectivity index (χ4n) is 1.48. The van der Waals surface area contributed by atoms with E-state index in [0.717, 1.165) is 17.5 Å². The largest absolute Gasteiger partial charge is 0.507 e. The van der Waals surface area contributed by atoms with Gasteiger partial charge in [-0.2, -0.15) is 0 Å². The summed E-state index contributed by atoms with van der Waals surface area (Å²) in [7, 11) is 1.69. The first-order valence-electron chi connectivity index (χ1n) is 4.71. The van der Waals surface area contributed by atoms with Gasteiger partial charge in [0.05, 0.1) is 6.10 Å². The van der Waals surface area contributed by atoms with E-state index in [1.807, 2.05) is 12.1 Å².